The number of benzene rings is 3. The molecule has 7 heteroatoms. The predicted molar refractivity (Wildman–Crippen MR) is 128 cm³/mol. The number of carbonyl (C=O) groups excluding carboxylic acids is 2. The third-order valence-electron chi connectivity index (χ3n) is 5.31. The molecular formula is C26H27NO5S. The van der Waals surface area contributed by atoms with Crippen LogP contribution in [0.1, 0.15) is 45.7 Å². The maximum atomic E-state index is 13.4. The van der Waals surface area contributed by atoms with Crippen molar-refractivity contribution in [2.75, 3.05) is 10.8 Å². The van der Waals surface area contributed by atoms with Gasteiger partial charge in [-0.2, -0.15) is 0 Å². The first-order valence-corrected chi connectivity index (χ1v) is 12.1. The zero-order chi connectivity index (χ0) is 24.2. The molecule has 0 saturated heterocycles. The van der Waals surface area contributed by atoms with Crippen LogP contribution < -0.4 is 4.31 Å². The fraction of sp³-hybridized carbons (Fsp3) is 0.231. The molecule has 3 aromatic carbocycles. The highest BCUT2D eigenvalue weighted by Crippen LogP contribution is 2.26. The predicted octanol–water partition coefficient (Wildman–Crippen LogP) is 4.95. The second-order valence-electron chi connectivity index (χ2n) is 7.76. The monoisotopic (exact) mass is 465 g/mol. The molecule has 0 aliphatic rings. The van der Waals surface area contributed by atoms with E-state index in [4.69, 9.17) is 4.74 Å². The molecule has 6 nitrogen and oxygen atoms in total. The average Bonchev–Trinajstić information content (AvgIpc) is 2.80. The number of aryl methyl sites for hydroxylation is 2. The maximum absolute atomic E-state index is 13.4. The van der Waals surface area contributed by atoms with E-state index in [1.165, 1.54) is 23.4 Å². The maximum Gasteiger partial charge on any atom is 0.338 e. The first kappa shape index (κ1) is 24.2. The number of ether oxygens (including phenoxy) is 1. The lowest BCUT2D eigenvalue weighted by Crippen LogP contribution is -2.31. The van der Waals surface area contributed by atoms with E-state index in [9.17, 15) is 18.0 Å². The van der Waals surface area contributed by atoms with E-state index in [0.29, 0.717) is 16.8 Å². The molecule has 3 aromatic rings. The van der Waals surface area contributed by atoms with Crippen LogP contribution in [0.5, 0.6) is 0 Å². The quantitative estimate of drug-likeness (QED) is 0.347. The molecule has 0 saturated carbocycles. The fourth-order valence-corrected chi connectivity index (χ4v) is 5.17. The molecule has 0 spiro atoms. The van der Waals surface area contributed by atoms with Gasteiger partial charge in [0.05, 0.1) is 16.1 Å². The van der Waals surface area contributed by atoms with E-state index < -0.39 is 22.1 Å². The molecule has 0 aliphatic heterocycles. The van der Waals surface area contributed by atoms with Crippen molar-refractivity contribution in [1.29, 1.82) is 0 Å². The number of sulfonamides is 1. The van der Waals surface area contributed by atoms with Gasteiger partial charge in [0.15, 0.2) is 6.10 Å². The Morgan fingerprint density at radius 3 is 2.12 bits per heavy atom. The Kier molecular flexibility index (Phi) is 7.33. The Hall–Kier alpha value is -3.45. The Morgan fingerprint density at radius 2 is 1.52 bits per heavy atom. The molecule has 1 atom stereocenters. The van der Waals surface area contributed by atoms with Crippen molar-refractivity contribution in [2.45, 2.75) is 38.7 Å². The molecule has 0 heterocycles. The molecule has 0 bridgehead atoms. The Labute approximate surface area is 194 Å². The normalized spacial score (nSPS) is 12.1. The standard InChI is InChI=1S/C26H27NO5S/c1-5-27(23-9-7-6-8-10-23)33(30,31)24-17-22(16-13-19(24)3)26(29)32-20(4)25(28)21-14-11-18(2)12-15-21/h6-17,20H,5H2,1-4H3. The molecule has 172 valence electrons. The van der Waals surface area contributed by atoms with Crippen LogP contribution in [-0.2, 0) is 14.8 Å². The van der Waals surface area contributed by atoms with Gasteiger partial charge in [-0.1, -0.05) is 54.1 Å². The van der Waals surface area contributed by atoms with Gasteiger partial charge in [-0.25, -0.2) is 13.2 Å². The molecule has 0 radical (unpaired) electrons. The first-order chi connectivity index (χ1) is 15.6. The van der Waals surface area contributed by atoms with Gasteiger partial charge in [-0.3, -0.25) is 9.10 Å². The van der Waals surface area contributed by atoms with Crippen LogP contribution in [-0.4, -0.2) is 32.8 Å². The zero-order valence-electron chi connectivity index (χ0n) is 19.1. The van der Waals surface area contributed by atoms with Crippen molar-refractivity contribution in [3.05, 3.63) is 95.1 Å². The largest absolute Gasteiger partial charge is 0.451 e. The highest BCUT2D eigenvalue weighted by Gasteiger charge is 2.27. The van der Waals surface area contributed by atoms with Gasteiger partial charge in [0, 0.05) is 12.1 Å². The highest BCUT2D eigenvalue weighted by atomic mass is 32.2. The Morgan fingerprint density at radius 1 is 0.909 bits per heavy atom. The number of anilines is 1. The van der Waals surface area contributed by atoms with Crippen LogP contribution in [0, 0.1) is 13.8 Å². The van der Waals surface area contributed by atoms with Crippen LogP contribution in [0.3, 0.4) is 0 Å². The number of hydrogen-bond acceptors (Lipinski definition) is 5. The van der Waals surface area contributed by atoms with Gasteiger partial charge in [0.1, 0.15) is 0 Å². The minimum Gasteiger partial charge on any atom is -0.451 e. The van der Waals surface area contributed by atoms with Gasteiger partial charge in [0.25, 0.3) is 10.0 Å². The minimum atomic E-state index is -3.92. The SMILES string of the molecule is CCN(c1ccccc1)S(=O)(=O)c1cc(C(=O)OC(C)C(=O)c2ccc(C)cc2)ccc1C. The van der Waals surface area contributed by atoms with Crippen molar-refractivity contribution in [3.63, 3.8) is 0 Å². The number of para-hydroxylation sites is 1. The Bertz CT molecular complexity index is 1250. The molecular weight excluding hydrogens is 438 g/mol. The third kappa shape index (κ3) is 5.31. The summed E-state index contributed by atoms with van der Waals surface area (Å²) in [6, 6.07) is 20.1. The van der Waals surface area contributed by atoms with Crippen LogP contribution in [0.2, 0.25) is 0 Å². The molecule has 0 N–H and O–H groups in total. The number of esters is 1. The number of carbonyl (C=O) groups is 2. The third-order valence-corrected chi connectivity index (χ3v) is 7.36. The van der Waals surface area contributed by atoms with E-state index in [0.717, 1.165) is 5.56 Å². The number of hydrogen-bond donors (Lipinski definition) is 0. The molecule has 0 aliphatic carbocycles. The number of Topliss-reactive ketones (excluding diaryl/α,β-unsaturated/α-hetero) is 1. The summed E-state index contributed by atoms with van der Waals surface area (Å²) in [5.74, 6) is -1.09. The van der Waals surface area contributed by atoms with Gasteiger partial charge in [-0.05, 0) is 57.5 Å². The summed E-state index contributed by atoms with van der Waals surface area (Å²) in [6.07, 6.45) is -1.02. The van der Waals surface area contributed by atoms with Gasteiger partial charge in [-0.15, -0.1) is 0 Å². The van der Waals surface area contributed by atoms with Crippen molar-refractivity contribution in [2.24, 2.45) is 0 Å². The van der Waals surface area contributed by atoms with Crippen LogP contribution in [0.4, 0.5) is 5.69 Å². The lowest BCUT2D eigenvalue weighted by molar-refractivity contribution is 0.0318. The van der Waals surface area contributed by atoms with Gasteiger partial charge < -0.3 is 4.74 Å². The number of rotatable bonds is 8. The second-order valence-corrected chi connectivity index (χ2v) is 9.59. The summed E-state index contributed by atoms with van der Waals surface area (Å²) in [7, 11) is -3.92. The molecule has 0 fully saturated rings. The zero-order valence-corrected chi connectivity index (χ0v) is 19.9. The van der Waals surface area contributed by atoms with Gasteiger partial charge >= 0.3 is 5.97 Å². The summed E-state index contributed by atoms with van der Waals surface area (Å²) in [5, 5.41) is 0. The summed E-state index contributed by atoms with van der Waals surface area (Å²) in [4.78, 5) is 25.4. The van der Waals surface area contributed by atoms with Crippen molar-refractivity contribution in [3.8, 4) is 0 Å². The smallest absolute Gasteiger partial charge is 0.338 e. The number of ketones is 1. The van der Waals surface area contributed by atoms with E-state index in [1.54, 1.807) is 56.3 Å². The second kappa shape index (κ2) is 10.0. The van der Waals surface area contributed by atoms with E-state index in [-0.39, 0.29) is 22.8 Å². The van der Waals surface area contributed by atoms with E-state index in [1.807, 2.05) is 25.1 Å². The van der Waals surface area contributed by atoms with Crippen molar-refractivity contribution >= 4 is 27.5 Å². The summed E-state index contributed by atoms with van der Waals surface area (Å²) in [5.41, 5.74) is 2.55. The fourth-order valence-electron chi connectivity index (χ4n) is 3.44. The van der Waals surface area contributed by atoms with Crippen LogP contribution in [0.25, 0.3) is 0 Å². The van der Waals surface area contributed by atoms with Crippen LogP contribution in [0.15, 0.2) is 77.7 Å². The lowest BCUT2D eigenvalue weighted by Gasteiger charge is -2.24. The summed E-state index contributed by atoms with van der Waals surface area (Å²) in [6.45, 7) is 7.06. The van der Waals surface area contributed by atoms with E-state index in [2.05, 4.69) is 0 Å². The number of nitrogens with zero attached hydrogens (tertiary/aromatic N) is 1. The van der Waals surface area contributed by atoms with Crippen molar-refractivity contribution < 1.29 is 22.7 Å². The minimum absolute atomic E-state index is 0.0140. The highest BCUT2D eigenvalue weighted by molar-refractivity contribution is 7.92. The lowest BCUT2D eigenvalue weighted by atomic mass is 10.1. The van der Waals surface area contributed by atoms with Gasteiger partial charge in [0.2, 0.25) is 5.78 Å². The Balaban J connectivity index is 1.86. The average molecular weight is 466 g/mol. The summed E-state index contributed by atoms with van der Waals surface area (Å²) < 4.78 is 33.5. The van der Waals surface area contributed by atoms with Crippen molar-refractivity contribution in [1.82, 2.24) is 0 Å². The van der Waals surface area contributed by atoms with Crippen LogP contribution >= 0.6 is 0 Å². The summed E-state index contributed by atoms with van der Waals surface area (Å²) >= 11 is 0. The topological polar surface area (TPSA) is 80.8 Å². The molecule has 33 heavy (non-hydrogen) atoms. The molecule has 0 amide bonds. The first-order valence-electron chi connectivity index (χ1n) is 10.7. The van der Waals surface area contributed by atoms with E-state index >= 15 is 0 Å². The molecule has 1 unspecified atom stereocenters. The molecule has 0 aromatic heterocycles. The molecule has 3 rings (SSSR count).